The van der Waals surface area contributed by atoms with Crippen LogP contribution in [0.3, 0.4) is 0 Å². The maximum absolute atomic E-state index is 11.8. The van der Waals surface area contributed by atoms with Crippen LogP contribution in [-0.2, 0) is 9.53 Å². The molecule has 1 aromatic carbocycles. The van der Waals surface area contributed by atoms with Crippen molar-refractivity contribution in [2.24, 2.45) is 0 Å². The average molecular weight is 263 g/mol. The molecule has 0 bridgehead atoms. The average Bonchev–Trinajstić information content (AvgIpc) is 2.42. The fourth-order valence-electron chi connectivity index (χ4n) is 2.16. The van der Waals surface area contributed by atoms with E-state index in [0.717, 1.165) is 19.3 Å². The van der Waals surface area contributed by atoms with Gasteiger partial charge in [0.15, 0.2) is 0 Å². The summed E-state index contributed by atoms with van der Waals surface area (Å²) >= 11 is 0. The number of methoxy groups -OCH3 is 1. The highest BCUT2D eigenvalue weighted by Gasteiger charge is 2.20. The lowest BCUT2D eigenvalue weighted by Crippen LogP contribution is -2.39. The highest BCUT2D eigenvalue weighted by molar-refractivity contribution is 5.75. The number of nitrogens with one attached hydrogen (secondary N) is 1. The van der Waals surface area contributed by atoms with E-state index >= 15 is 0 Å². The summed E-state index contributed by atoms with van der Waals surface area (Å²) in [5.41, 5.74) is 2.43. The second-order valence-corrected chi connectivity index (χ2v) is 5.02. The highest BCUT2D eigenvalue weighted by Crippen LogP contribution is 2.16. The molecule has 1 unspecified atom stereocenters. The van der Waals surface area contributed by atoms with Crippen LogP contribution in [0, 0.1) is 6.92 Å². The van der Waals surface area contributed by atoms with Crippen molar-refractivity contribution < 1.29 is 9.53 Å². The highest BCUT2D eigenvalue weighted by atomic mass is 16.5. The van der Waals surface area contributed by atoms with Gasteiger partial charge in [-0.05, 0) is 25.8 Å². The van der Waals surface area contributed by atoms with E-state index in [1.165, 1.54) is 18.2 Å². The molecule has 3 heteroatoms. The summed E-state index contributed by atoms with van der Waals surface area (Å²) < 4.78 is 4.87. The second-order valence-electron chi connectivity index (χ2n) is 5.02. The third-order valence-corrected chi connectivity index (χ3v) is 3.33. The maximum atomic E-state index is 11.8. The molecule has 0 aliphatic heterocycles. The molecule has 19 heavy (non-hydrogen) atoms. The van der Waals surface area contributed by atoms with Gasteiger partial charge in [0, 0.05) is 6.04 Å². The van der Waals surface area contributed by atoms with Gasteiger partial charge in [0.1, 0.15) is 6.04 Å². The van der Waals surface area contributed by atoms with Crippen LogP contribution in [0.15, 0.2) is 24.3 Å². The Bertz CT molecular complexity index is 403. The van der Waals surface area contributed by atoms with Gasteiger partial charge in [-0.15, -0.1) is 0 Å². The van der Waals surface area contributed by atoms with E-state index in [9.17, 15) is 4.79 Å². The topological polar surface area (TPSA) is 38.3 Å². The minimum atomic E-state index is -0.222. The van der Waals surface area contributed by atoms with Gasteiger partial charge in [-0.3, -0.25) is 10.1 Å². The van der Waals surface area contributed by atoms with Crippen LogP contribution in [0.5, 0.6) is 0 Å². The number of hydrogen-bond donors (Lipinski definition) is 1. The zero-order chi connectivity index (χ0) is 14.3. The molecule has 106 valence electrons. The summed E-state index contributed by atoms with van der Waals surface area (Å²) in [5.74, 6) is -0.173. The van der Waals surface area contributed by atoms with E-state index in [-0.39, 0.29) is 18.1 Å². The van der Waals surface area contributed by atoms with Gasteiger partial charge in [-0.1, -0.05) is 49.6 Å². The van der Waals surface area contributed by atoms with Gasteiger partial charge in [0.2, 0.25) is 0 Å². The Kier molecular flexibility index (Phi) is 6.57. The van der Waals surface area contributed by atoms with Crippen molar-refractivity contribution in [2.45, 2.75) is 52.1 Å². The second kappa shape index (κ2) is 7.95. The molecule has 0 fully saturated rings. The van der Waals surface area contributed by atoms with E-state index in [1.807, 2.05) is 6.07 Å². The Morgan fingerprint density at radius 1 is 1.42 bits per heavy atom. The lowest BCUT2D eigenvalue weighted by Gasteiger charge is -2.22. The molecule has 1 N–H and O–H groups in total. The van der Waals surface area contributed by atoms with Crippen molar-refractivity contribution in [3.8, 4) is 0 Å². The number of carbonyl (C=O) groups is 1. The molecule has 0 heterocycles. The molecule has 0 aromatic heterocycles. The zero-order valence-corrected chi connectivity index (χ0v) is 12.4. The van der Waals surface area contributed by atoms with Crippen molar-refractivity contribution in [3.05, 3.63) is 35.4 Å². The first-order chi connectivity index (χ1) is 9.08. The minimum Gasteiger partial charge on any atom is -0.468 e. The summed E-state index contributed by atoms with van der Waals surface area (Å²) in [6, 6.07) is 8.26. The zero-order valence-electron chi connectivity index (χ0n) is 12.4. The van der Waals surface area contributed by atoms with Crippen molar-refractivity contribution in [1.82, 2.24) is 5.32 Å². The van der Waals surface area contributed by atoms with Gasteiger partial charge in [-0.25, -0.2) is 0 Å². The minimum absolute atomic E-state index is 0.140. The first-order valence-electron chi connectivity index (χ1n) is 6.99. The molecule has 2 atom stereocenters. The van der Waals surface area contributed by atoms with Crippen LogP contribution >= 0.6 is 0 Å². The Morgan fingerprint density at radius 3 is 2.74 bits per heavy atom. The van der Waals surface area contributed by atoms with Crippen LogP contribution in [0.25, 0.3) is 0 Å². The summed E-state index contributed by atoms with van der Waals surface area (Å²) in [4.78, 5) is 11.8. The number of carbonyl (C=O) groups excluding carboxylic acids is 1. The first-order valence-corrected chi connectivity index (χ1v) is 6.99. The third kappa shape index (κ3) is 5.03. The number of esters is 1. The molecule has 0 radical (unpaired) electrons. The first kappa shape index (κ1) is 15.7. The fraction of sp³-hybridized carbons (Fsp3) is 0.562. The van der Waals surface area contributed by atoms with Gasteiger partial charge < -0.3 is 4.74 Å². The van der Waals surface area contributed by atoms with Gasteiger partial charge in [0.05, 0.1) is 7.11 Å². The molecular weight excluding hydrogens is 238 g/mol. The lowest BCUT2D eigenvalue weighted by atomic mass is 10.0. The van der Waals surface area contributed by atoms with Gasteiger partial charge in [-0.2, -0.15) is 0 Å². The molecule has 1 rings (SSSR count). The molecule has 0 spiro atoms. The number of aryl methyl sites for hydroxylation is 1. The molecule has 0 amide bonds. The Hall–Kier alpha value is -1.35. The molecule has 3 nitrogen and oxygen atoms in total. The van der Waals surface area contributed by atoms with E-state index in [2.05, 4.69) is 44.3 Å². The lowest BCUT2D eigenvalue weighted by molar-refractivity contribution is -0.143. The Morgan fingerprint density at radius 2 is 2.16 bits per heavy atom. The molecule has 0 saturated carbocycles. The number of ether oxygens (including phenoxy) is 1. The predicted octanol–water partition coefficient (Wildman–Crippen LogP) is 3.38. The van der Waals surface area contributed by atoms with E-state index < -0.39 is 0 Å². The normalized spacial score (nSPS) is 13.9. The summed E-state index contributed by atoms with van der Waals surface area (Å²) in [5, 5.41) is 3.37. The van der Waals surface area contributed by atoms with Crippen LogP contribution in [0.4, 0.5) is 0 Å². The van der Waals surface area contributed by atoms with Crippen LogP contribution < -0.4 is 5.32 Å². The molecular formula is C16H25NO2. The van der Waals surface area contributed by atoms with Crippen molar-refractivity contribution in [3.63, 3.8) is 0 Å². The standard InChI is InChI=1S/C16H25NO2/c1-5-6-10-15(16(18)19-4)17-13(3)14-9-7-8-12(2)11-14/h7-9,11,13,15,17H,5-6,10H2,1-4H3/t13-,15?/m0/s1. The van der Waals surface area contributed by atoms with E-state index in [0.29, 0.717) is 0 Å². The van der Waals surface area contributed by atoms with E-state index in [1.54, 1.807) is 0 Å². The number of hydrogen-bond acceptors (Lipinski definition) is 3. The van der Waals surface area contributed by atoms with E-state index in [4.69, 9.17) is 4.74 Å². The smallest absolute Gasteiger partial charge is 0.322 e. The van der Waals surface area contributed by atoms with Crippen molar-refractivity contribution in [1.29, 1.82) is 0 Å². The van der Waals surface area contributed by atoms with Crippen LogP contribution in [0.2, 0.25) is 0 Å². The largest absolute Gasteiger partial charge is 0.468 e. The SMILES string of the molecule is CCCCC(N[C@@H](C)c1cccc(C)c1)C(=O)OC. The molecule has 1 aromatic rings. The van der Waals surface area contributed by atoms with Gasteiger partial charge >= 0.3 is 5.97 Å². The molecule has 0 saturated heterocycles. The quantitative estimate of drug-likeness (QED) is 0.766. The number of benzene rings is 1. The predicted molar refractivity (Wildman–Crippen MR) is 78.1 cm³/mol. The maximum Gasteiger partial charge on any atom is 0.322 e. The molecule has 0 aliphatic carbocycles. The summed E-state index contributed by atoms with van der Waals surface area (Å²) in [6.45, 7) is 6.28. The third-order valence-electron chi connectivity index (χ3n) is 3.33. The summed E-state index contributed by atoms with van der Waals surface area (Å²) in [7, 11) is 1.44. The Balaban J connectivity index is 2.69. The Labute approximate surface area is 116 Å². The number of unbranched alkanes of at least 4 members (excludes halogenated alkanes) is 1. The molecule has 0 aliphatic rings. The van der Waals surface area contributed by atoms with Crippen LogP contribution in [-0.4, -0.2) is 19.1 Å². The van der Waals surface area contributed by atoms with Crippen molar-refractivity contribution >= 4 is 5.97 Å². The fourth-order valence-corrected chi connectivity index (χ4v) is 2.16. The van der Waals surface area contributed by atoms with Gasteiger partial charge in [0.25, 0.3) is 0 Å². The van der Waals surface area contributed by atoms with Crippen molar-refractivity contribution in [2.75, 3.05) is 7.11 Å². The summed E-state index contributed by atoms with van der Waals surface area (Å²) in [6.07, 6.45) is 2.92. The van der Waals surface area contributed by atoms with Crippen LogP contribution in [0.1, 0.15) is 50.3 Å². The number of rotatable bonds is 7. The monoisotopic (exact) mass is 263 g/mol.